The maximum atomic E-state index is 12.3. The summed E-state index contributed by atoms with van der Waals surface area (Å²) in [7, 11) is 1.47. The molecule has 0 radical (unpaired) electrons. The highest BCUT2D eigenvalue weighted by molar-refractivity contribution is 5.92. The summed E-state index contributed by atoms with van der Waals surface area (Å²) < 4.78 is 45.6. The fraction of sp³-hybridized carbons (Fsp3) is 0.133. The molecule has 0 atom stereocenters. The van der Waals surface area contributed by atoms with Gasteiger partial charge in [-0.1, -0.05) is 18.2 Å². The lowest BCUT2D eigenvalue weighted by molar-refractivity contribution is -0.274. The molecule has 0 fully saturated rings. The fourth-order valence-corrected chi connectivity index (χ4v) is 1.89. The van der Waals surface area contributed by atoms with Crippen LogP contribution in [0.15, 0.2) is 42.5 Å². The summed E-state index contributed by atoms with van der Waals surface area (Å²) >= 11 is 0. The van der Waals surface area contributed by atoms with Gasteiger partial charge in [0.25, 0.3) is 0 Å². The molecule has 0 amide bonds. The van der Waals surface area contributed by atoms with E-state index in [0.717, 1.165) is 12.1 Å². The van der Waals surface area contributed by atoms with Crippen LogP contribution in [0.5, 0.6) is 11.5 Å². The van der Waals surface area contributed by atoms with Crippen LogP contribution in [0.3, 0.4) is 0 Å². The number of ether oxygens (including phenoxy) is 2. The smallest absolute Gasteiger partial charge is 0.497 e. The zero-order chi connectivity index (χ0) is 16.3. The number of methoxy groups -OCH3 is 1. The number of carboxylic acid groups (broad SMARTS) is 1. The summed E-state index contributed by atoms with van der Waals surface area (Å²) in [6.45, 7) is 0. The first kappa shape index (κ1) is 15.7. The standard InChI is InChI=1S/C15H11F3O4/c1-21-11-4-2-3-9(7-11)10-5-6-13(22-15(16,17)18)12(8-10)14(19)20/h2-8H,1H3,(H,19,20). The van der Waals surface area contributed by atoms with Crippen LogP contribution >= 0.6 is 0 Å². The topological polar surface area (TPSA) is 55.8 Å². The van der Waals surface area contributed by atoms with Crippen molar-refractivity contribution in [2.45, 2.75) is 6.36 Å². The van der Waals surface area contributed by atoms with Gasteiger partial charge in [-0.2, -0.15) is 0 Å². The summed E-state index contributed by atoms with van der Waals surface area (Å²) in [5.41, 5.74) is 0.476. The molecule has 0 unspecified atom stereocenters. The Morgan fingerprint density at radius 2 is 1.77 bits per heavy atom. The molecule has 0 bridgehead atoms. The van der Waals surface area contributed by atoms with E-state index in [0.29, 0.717) is 16.9 Å². The summed E-state index contributed by atoms with van der Waals surface area (Å²) in [4.78, 5) is 11.1. The zero-order valence-electron chi connectivity index (χ0n) is 11.3. The Morgan fingerprint density at radius 1 is 1.09 bits per heavy atom. The molecule has 0 aliphatic heterocycles. The van der Waals surface area contributed by atoms with Crippen molar-refractivity contribution in [1.29, 1.82) is 0 Å². The maximum absolute atomic E-state index is 12.3. The van der Waals surface area contributed by atoms with Gasteiger partial charge in [0.15, 0.2) is 0 Å². The average Bonchev–Trinajstić information content (AvgIpc) is 2.46. The number of halogens is 3. The van der Waals surface area contributed by atoms with Crippen LogP contribution in [0.2, 0.25) is 0 Å². The van der Waals surface area contributed by atoms with E-state index in [1.807, 2.05) is 0 Å². The van der Waals surface area contributed by atoms with Crippen LogP contribution in [0, 0.1) is 0 Å². The van der Waals surface area contributed by atoms with Gasteiger partial charge in [0, 0.05) is 0 Å². The van der Waals surface area contributed by atoms with E-state index >= 15 is 0 Å². The zero-order valence-corrected chi connectivity index (χ0v) is 11.3. The molecule has 4 nitrogen and oxygen atoms in total. The van der Waals surface area contributed by atoms with E-state index in [1.165, 1.54) is 13.2 Å². The first-order valence-corrected chi connectivity index (χ1v) is 6.07. The number of rotatable bonds is 4. The van der Waals surface area contributed by atoms with Crippen LogP contribution in [-0.2, 0) is 0 Å². The van der Waals surface area contributed by atoms with Crippen LogP contribution < -0.4 is 9.47 Å². The van der Waals surface area contributed by atoms with Crippen LogP contribution in [0.4, 0.5) is 13.2 Å². The van der Waals surface area contributed by atoms with Gasteiger partial charge in [0.2, 0.25) is 0 Å². The predicted octanol–water partition coefficient (Wildman–Crippen LogP) is 3.96. The Balaban J connectivity index is 2.47. The summed E-state index contributed by atoms with van der Waals surface area (Å²) in [5, 5.41) is 9.06. The van der Waals surface area contributed by atoms with Gasteiger partial charge in [0.05, 0.1) is 7.11 Å². The van der Waals surface area contributed by atoms with Crippen molar-refractivity contribution in [3.63, 3.8) is 0 Å². The number of hydrogen-bond donors (Lipinski definition) is 1. The molecular formula is C15H11F3O4. The molecule has 0 saturated carbocycles. The highest BCUT2D eigenvalue weighted by atomic mass is 19.4. The fourth-order valence-electron chi connectivity index (χ4n) is 1.89. The Bertz CT molecular complexity index is 695. The molecule has 0 aromatic heterocycles. The lowest BCUT2D eigenvalue weighted by atomic mass is 10.0. The number of aromatic carboxylic acids is 1. The van der Waals surface area contributed by atoms with Crippen molar-refractivity contribution in [1.82, 2.24) is 0 Å². The largest absolute Gasteiger partial charge is 0.573 e. The van der Waals surface area contributed by atoms with E-state index in [1.54, 1.807) is 24.3 Å². The predicted molar refractivity (Wildman–Crippen MR) is 72.1 cm³/mol. The SMILES string of the molecule is COc1cccc(-c2ccc(OC(F)(F)F)c(C(=O)O)c2)c1. The van der Waals surface area contributed by atoms with Gasteiger partial charge >= 0.3 is 12.3 Å². The maximum Gasteiger partial charge on any atom is 0.573 e. The molecule has 116 valence electrons. The number of benzene rings is 2. The molecule has 2 aromatic carbocycles. The molecule has 0 saturated heterocycles. The highest BCUT2D eigenvalue weighted by Crippen LogP contribution is 2.31. The Morgan fingerprint density at radius 3 is 2.36 bits per heavy atom. The van der Waals surface area contributed by atoms with E-state index in [9.17, 15) is 18.0 Å². The van der Waals surface area contributed by atoms with Crippen molar-refractivity contribution in [2.75, 3.05) is 7.11 Å². The Kier molecular flexibility index (Phi) is 4.25. The number of alkyl halides is 3. The van der Waals surface area contributed by atoms with Gasteiger partial charge in [0.1, 0.15) is 17.1 Å². The first-order valence-electron chi connectivity index (χ1n) is 6.07. The van der Waals surface area contributed by atoms with Crippen molar-refractivity contribution in [2.24, 2.45) is 0 Å². The van der Waals surface area contributed by atoms with Gasteiger partial charge in [-0.15, -0.1) is 13.2 Å². The summed E-state index contributed by atoms with van der Waals surface area (Å²) in [5.74, 6) is -1.72. The van der Waals surface area contributed by atoms with Crippen LogP contribution in [0.1, 0.15) is 10.4 Å². The molecule has 0 aliphatic carbocycles. The summed E-state index contributed by atoms with van der Waals surface area (Å²) in [6, 6.07) is 10.2. The first-order chi connectivity index (χ1) is 10.3. The third kappa shape index (κ3) is 3.69. The Labute approximate surface area is 123 Å². The molecule has 0 heterocycles. The van der Waals surface area contributed by atoms with E-state index in [2.05, 4.69) is 4.74 Å². The molecular weight excluding hydrogens is 301 g/mol. The minimum absolute atomic E-state index is 0.436. The number of carboxylic acids is 1. The minimum atomic E-state index is -4.96. The molecule has 0 aliphatic rings. The second-order valence-electron chi connectivity index (χ2n) is 4.30. The van der Waals surface area contributed by atoms with Gasteiger partial charge < -0.3 is 14.6 Å². The Hall–Kier alpha value is -2.70. The lowest BCUT2D eigenvalue weighted by Gasteiger charge is -2.13. The monoisotopic (exact) mass is 312 g/mol. The second kappa shape index (κ2) is 5.97. The van der Waals surface area contributed by atoms with Gasteiger partial charge in [-0.05, 0) is 35.4 Å². The third-order valence-corrected chi connectivity index (χ3v) is 2.84. The molecule has 2 rings (SSSR count). The molecule has 22 heavy (non-hydrogen) atoms. The third-order valence-electron chi connectivity index (χ3n) is 2.84. The van der Waals surface area contributed by atoms with Crippen molar-refractivity contribution in [3.05, 3.63) is 48.0 Å². The van der Waals surface area contributed by atoms with Gasteiger partial charge in [-0.3, -0.25) is 0 Å². The number of hydrogen-bond acceptors (Lipinski definition) is 3. The molecule has 1 N–H and O–H groups in total. The summed E-state index contributed by atoms with van der Waals surface area (Å²) in [6.07, 6.45) is -4.96. The van der Waals surface area contributed by atoms with Crippen molar-refractivity contribution >= 4 is 5.97 Å². The van der Waals surface area contributed by atoms with Crippen LogP contribution in [0.25, 0.3) is 11.1 Å². The number of carbonyl (C=O) groups is 1. The molecule has 7 heteroatoms. The quantitative estimate of drug-likeness (QED) is 0.928. The van der Waals surface area contributed by atoms with Crippen molar-refractivity contribution < 1.29 is 32.5 Å². The lowest BCUT2D eigenvalue weighted by Crippen LogP contribution is -2.19. The van der Waals surface area contributed by atoms with E-state index in [-0.39, 0.29) is 0 Å². The van der Waals surface area contributed by atoms with Gasteiger partial charge in [-0.25, -0.2) is 4.79 Å². The molecule has 0 spiro atoms. The normalized spacial score (nSPS) is 11.1. The minimum Gasteiger partial charge on any atom is -0.497 e. The van der Waals surface area contributed by atoms with Crippen LogP contribution in [-0.4, -0.2) is 24.5 Å². The van der Waals surface area contributed by atoms with Crippen molar-refractivity contribution in [3.8, 4) is 22.6 Å². The second-order valence-corrected chi connectivity index (χ2v) is 4.30. The van der Waals surface area contributed by atoms with E-state index < -0.39 is 23.6 Å². The van der Waals surface area contributed by atoms with E-state index in [4.69, 9.17) is 9.84 Å². The average molecular weight is 312 g/mol. The highest BCUT2D eigenvalue weighted by Gasteiger charge is 2.33. The molecule has 2 aromatic rings.